The summed E-state index contributed by atoms with van der Waals surface area (Å²) < 4.78 is 37.2. The second-order valence-corrected chi connectivity index (χ2v) is 8.29. The van der Waals surface area contributed by atoms with E-state index in [2.05, 4.69) is 11.9 Å². The van der Waals surface area contributed by atoms with Crippen LogP contribution in [0, 0.1) is 25.2 Å². The van der Waals surface area contributed by atoms with Crippen molar-refractivity contribution in [1.29, 1.82) is 0 Å². The Morgan fingerprint density at radius 1 is 1.30 bits per heavy atom. The fraction of sp³-hybridized carbons (Fsp3) is 0.455. The molecule has 2 saturated heterocycles. The van der Waals surface area contributed by atoms with Crippen LogP contribution in [0.2, 0.25) is 0 Å². The van der Waals surface area contributed by atoms with E-state index in [1.807, 2.05) is 28.9 Å². The van der Waals surface area contributed by atoms with Gasteiger partial charge in [0.2, 0.25) is 5.91 Å². The monoisotopic (exact) mass is 467 g/mol. The van der Waals surface area contributed by atoms with Crippen LogP contribution in [0.4, 0.5) is 18.9 Å². The first-order valence-corrected chi connectivity index (χ1v) is 10.2. The predicted molar refractivity (Wildman–Crippen MR) is 111 cm³/mol. The van der Waals surface area contributed by atoms with Crippen LogP contribution in [-0.2, 0) is 9.59 Å². The average molecular weight is 467 g/mol. The van der Waals surface area contributed by atoms with Crippen molar-refractivity contribution in [3.8, 4) is 0 Å². The number of likely N-dealkylation sites (tertiary alicyclic amines) is 1. The molecule has 4 heterocycles. The Bertz CT molecular complexity index is 1050. The zero-order valence-corrected chi connectivity index (χ0v) is 18.3. The molecule has 4 rings (SSSR count). The molecule has 11 heteroatoms. The van der Waals surface area contributed by atoms with Crippen LogP contribution in [0.5, 0.6) is 0 Å². The number of rotatable bonds is 2. The summed E-state index contributed by atoms with van der Waals surface area (Å²) in [5.41, 5.74) is 0.923. The largest absolute Gasteiger partial charge is 0.490 e. The van der Waals surface area contributed by atoms with E-state index in [9.17, 15) is 22.8 Å². The fourth-order valence-electron chi connectivity index (χ4n) is 4.39. The van der Waals surface area contributed by atoms with Crippen LogP contribution in [0.25, 0.3) is 0 Å². The summed E-state index contributed by atoms with van der Waals surface area (Å²) >= 11 is 0. The highest BCUT2D eigenvalue weighted by atomic mass is 19.4. The number of anilines is 1. The number of carboxylic acid groups (broad SMARTS) is 1. The van der Waals surface area contributed by atoms with Crippen molar-refractivity contribution in [1.82, 2.24) is 9.88 Å². The summed E-state index contributed by atoms with van der Waals surface area (Å²) in [5.74, 6) is -1.21. The molecule has 1 N–H and O–H groups in total. The van der Waals surface area contributed by atoms with Gasteiger partial charge < -0.3 is 19.3 Å². The van der Waals surface area contributed by atoms with Crippen LogP contribution < -0.4 is 4.90 Å². The number of hydrogen-bond acceptors (Lipinski definition) is 5. The third kappa shape index (κ3) is 4.71. The molecule has 1 spiro atoms. The van der Waals surface area contributed by atoms with E-state index in [0.717, 1.165) is 17.9 Å². The standard InChI is InChI=1S/C20H23N3O3.C2HF3O2/c1-13-11-22(18(24)17-9-14(2)26-15(17)3)12-20(13)6-8-23(19(20)25)16-5-4-7-21-10-16;3-2(4,5)1(6)7/h4-5,7,9-10,13H,6,8,11-12H2,1-3H3;(H,6,7)/t13-,20-;/m1./s1. The van der Waals surface area contributed by atoms with Crippen molar-refractivity contribution in [2.24, 2.45) is 11.3 Å². The molecule has 33 heavy (non-hydrogen) atoms. The van der Waals surface area contributed by atoms with Gasteiger partial charge in [-0.15, -0.1) is 0 Å². The molecule has 2 amide bonds. The Balaban J connectivity index is 0.000000383. The van der Waals surface area contributed by atoms with Gasteiger partial charge in [0.05, 0.1) is 22.9 Å². The number of carboxylic acids is 1. The number of amides is 2. The smallest absolute Gasteiger partial charge is 0.475 e. The highest BCUT2D eigenvalue weighted by molar-refractivity contribution is 6.02. The van der Waals surface area contributed by atoms with Crippen molar-refractivity contribution in [2.75, 3.05) is 24.5 Å². The van der Waals surface area contributed by atoms with Crippen LogP contribution in [-0.4, -0.2) is 58.6 Å². The van der Waals surface area contributed by atoms with Crippen molar-refractivity contribution >= 4 is 23.5 Å². The third-order valence-electron chi connectivity index (χ3n) is 6.12. The Morgan fingerprint density at radius 2 is 1.97 bits per heavy atom. The van der Waals surface area contributed by atoms with E-state index in [1.165, 1.54) is 0 Å². The number of halogens is 3. The van der Waals surface area contributed by atoms with Gasteiger partial charge in [0.15, 0.2) is 0 Å². The van der Waals surface area contributed by atoms with Gasteiger partial charge in [-0.3, -0.25) is 14.6 Å². The van der Waals surface area contributed by atoms with Gasteiger partial charge in [-0.25, -0.2) is 4.79 Å². The van der Waals surface area contributed by atoms with E-state index >= 15 is 0 Å². The second kappa shape index (κ2) is 8.87. The first-order valence-electron chi connectivity index (χ1n) is 10.2. The molecule has 0 saturated carbocycles. The fourth-order valence-corrected chi connectivity index (χ4v) is 4.39. The summed E-state index contributed by atoms with van der Waals surface area (Å²) in [4.78, 5) is 42.9. The van der Waals surface area contributed by atoms with E-state index < -0.39 is 17.6 Å². The summed E-state index contributed by atoms with van der Waals surface area (Å²) in [6.45, 7) is 7.44. The maximum absolute atomic E-state index is 13.3. The lowest BCUT2D eigenvalue weighted by Crippen LogP contribution is -2.40. The predicted octanol–water partition coefficient (Wildman–Crippen LogP) is 3.44. The molecule has 2 aromatic heterocycles. The molecule has 2 aliphatic rings. The Kier molecular flexibility index (Phi) is 6.53. The molecule has 8 nitrogen and oxygen atoms in total. The Hall–Kier alpha value is -3.37. The maximum atomic E-state index is 13.3. The number of alkyl halides is 3. The van der Waals surface area contributed by atoms with E-state index in [0.29, 0.717) is 31.0 Å². The summed E-state index contributed by atoms with van der Waals surface area (Å²) in [7, 11) is 0. The van der Waals surface area contributed by atoms with E-state index in [-0.39, 0.29) is 17.7 Å². The lowest BCUT2D eigenvalue weighted by atomic mass is 9.78. The van der Waals surface area contributed by atoms with Gasteiger partial charge in [0, 0.05) is 25.8 Å². The molecular weight excluding hydrogens is 443 g/mol. The van der Waals surface area contributed by atoms with Crippen molar-refractivity contribution in [3.05, 3.63) is 47.7 Å². The molecule has 0 aromatic carbocycles. The highest BCUT2D eigenvalue weighted by Gasteiger charge is 2.56. The molecule has 0 bridgehead atoms. The van der Waals surface area contributed by atoms with Crippen LogP contribution in [0.3, 0.4) is 0 Å². The minimum Gasteiger partial charge on any atom is -0.475 e. The quantitative estimate of drug-likeness (QED) is 0.726. The Labute approximate surface area is 188 Å². The third-order valence-corrected chi connectivity index (χ3v) is 6.12. The van der Waals surface area contributed by atoms with Crippen molar-refractivity contribution in [3.63, 3.8) is 0 Å². The summed E-state index contributed by atoms with van der Waals surface area (Å²) in [6, 6.07) is 5.53. The van der Waals surface area contributed by atoms with Gasteiger partial charge >= 0.3 is 12.1 Å². The van der Waals surface area contributed by atoms with E-state index in [4.69, 9.17) is 14.3 Å². The molecule has 0 unspecified atom stereocenters. The number of aliphatic carboxylic acids is 1. The second-order valence-electron chi connectivity index (χ2n) is 8.29. The number of aromatic nitrogens is 1. The zero-order chi connectivity index (χ0) is 24.6. The number of pyridine rings is 1. The number of carbonyl (C=O) groups excluding carboxylic acids is 2. The molecule has 0 radical (unpaired) electrons. The average Bonchev–Trinajstić information content (AvgIpc) is 3.38. The Morgan fingerprint density at radius 3 is 2.48 bits per heavy atom. The van der Waals surface area contributed by atoms with Gasteiger partial charge in [-0.05, 0) is 44.4 Å². The molecule has 2 atom stereocenters. The number of nitrogens with zero attached hydrogens (tertiary/aromatic N) is 3. The minimum atomic E-state index is -5.08. The van der Waals surface area contributed by atoms with Crippen LogP contribution in [0.1, 0.15) is 35.2 Å². The van der Waals surface area contributed by atoms with Gasteiger partial charge in [-0.2, -0.15) is 13.2 Å². The summed E-state index contributed by atoms with van der Waals surface area (Å²) in [5, 5.41) is 7.12. The molecule has 2 fully saturated rings. The van der Waals surface area contributed by atoms with E-state index in [1.54, 1.807) is 25.4 Å². The molecule has 0 aliphatic carbocycles. The first kappa shape index (κ1) is 24.3. The SMILES string of the molecule is Cc1cc(C(=O)N2C[C@@H](C)[C@@]3(CCN(c4cccnc4)C3=O)C2)c(C)o1.O=C(O)C(F)(F)F. The van der Waals surface area contributed by atoms with Crippen molar-refractivity contribution < 1.29 is 37.1 Å². The first-order chi connectivity index (χ1) is 15.4. The highest BCUT2D eigenvalue weighted by Crippen LogP contribution is 2.46. The minimum absolute atomic E-state index is 0.0456. The molecule has 2 aliphatic heterocycles. The number of carbonyl (C=O) groups is 3. The molecule has 178 valence electrons. The van der Waals surface area contributed by atoms with Crippen LogP contribution in [0.15, 0.2) is 35.0 Å². The van der Waals surface area contributed by atoms with Gasteiger partial charge in [0.1, 0.15) is 11.5 Å². The maximum Gasteiger partial charge on any atom is 0.490 e. The topological polar surface area (TPSA) is 104 Å². The number of hydrogen-bond donors (Lipinski definition) is 1. The number of furan rings is 1. The normalized spacial score (nSPS) is 22.5. The number of aryl methyl sites for hydroxylation is 2. The summed E-state index contributed by atoms with van der Waals surface area (Å²) in [6.07, 6.45) is -0.903. The molecular formula is C22H24F3N3O5. The zero-order valence-electron chi connectivity index (χ0n) is 18.3. The lowest BCUT2D eigenvalue weighted by Gasteiger charge is -2.26. The van der Waals surface area contributed by atoms with Crippen molar-refractivity contribution in [2.45, 2.75) is 33.4 Å². The van der Waals surface area contributed by atoms with Gasteiger partial charge in [0.25, 0.3) is 5.91 Å². The lowest BCUT2D eigenvalue weighted by molar-refractivity contribution is -0.192. The van der Waals surface area contributed by atoms with Crippen LogP contribution >= 0.6 is 0 Å². The van der Waals surface area contributed by atoms with Gasteiger partial charge in [-0.1, -0.05) is 6.92 Å². The molecule has 2 aromatic rings.